The van der Waals surface area contributed by atoms with Crippen LogP contribution in [0.3, 0.4) is 0 Å². The van der Waals surface area contributed by atoms with Crippen molar-refractivity contribution in [2.24, 2.45) is 0 Å². The van der Waals surface area contributed by atoms with Crippen LogP contribution in [0.25, 0.3) is 6.08 Å². The molecule has 0 aliphatic carbocycles. The van der Waals surface area contributed by atoms with E-state index in [0.717, 1.165) is 6.26 Å². The molecule has 0 unspecified atom stereocenters. The highest BCUT2D eigenvalue weighted by Gasteiger charge is 2.31. The van der Waals surface area contributed by atoms with E-state index in [9.17, 15) is 13.2 Å². The molecule has 1 aromatic rings. The van der Waals surface area contributed by atoms with Crippen LogP contribution in [0.2, 0.25) is 0 Å². The quantitative estimate of drug-likeness (QED) is 0.432. The van der Waals surface area contributed by atoms with Crippen molar-refractivity contribution in [3.05, 3.63) is 28.6 Å². The van der Waals surface area contributed by atoms with Crippen LogP contribution >= 0.6 is 24.0 Å². The van der Waals surface area contributed by atoms with Crippen LogP contribution in [-0.4, -0.2) is 60.9 Å². The molecular formula is C16H19N3O5S3. The number of furan rings is 1. The van der Waals surface area contributed by atoms with Gasteiger partial charge >= 0.3 is 0 Å². The van der Waals surface area contributed by atoms with Gasteiger partial charge in [0, 0.05) is 26.2 Å². The Hall–Kier alpha value is -1.71. The van der Waals surface area contributed by atoms with E-state index in [-0.39, 0.29) is 25.4 Å². The van der Waals surface area contributed by atoms with Crippen LogP contribution < -0.4 is 0 Å². The number of hydrogen-bond acceptors (Lipinski definition) is 8. The predicted octanol–water partition coefficient (Wildman–Crippen LogP) is 1.80. The van der Waals surface area contributed by atoms with Crippen LogP contribution in [0.1, 0.15) is 17.9 Å². The minimum Gasteiger partial charge on any atom is -0.460 e. The maximum Gasteiger partial charge on any atom is 0.266 e. The minimum absolute atomic E-state index is 0.0170. The van der Waals surface area contributed by atoms with Gasteiger partial charge in [0.15, 0.2) is 0 Å². The molecular weight excluding hydrogens is 410 g/mol. The van der Waals surface area contributed by atoms with Gasteiger partial charge < -0.3 is 9.15 Å². The molecule has 27 heavy (non-hydrogen) atoms. The Morgan fingerprint density at radius 1 is 1.48 bits per heavy atom. The van der Waals surface area contributed by atoms with Crippen molar-refractivity contribution < 1.29 is 22.4 Å². The summed E-state index contributed by atoms with van der Waals surface area (Å²) in [5.41, 5.74) is 0. The summed E-state index contributed by atoms with van der Waals surface area (Å²) in [6.07, 6.45) is 2.75. The van der Waals surface area contributed by atoms with Crippen molar-refractivity contribution in [2.45, 2.75) is 13.0 Å². The number of hydrogen-bond donors (Lipinski definition) is 0. The Morgan fingerprint density at radius 2 is 2.22 bits per heavy atom. The van der Waals surface area contributed by atoms with Crippen LogP contribution in [-0.2, 0) is 26.1 Å². The predicted molar refractivity (Wildman–Crippen MR) is 106 cm³/mol. The zero-order valence-electron chi connectivity index (χ0n) is 14.9. The number of thioether (sulfide) groups is 1. The molecule has 2 heterocycles. The molecule has 1 fully saturated rings. The van der Waals surface area contributed by atoms with Crippen molar-refractivity contribution in [2.75, 3.05) is 33.1 Å². The smallest absolute Gasteiger partial charge is 0.266 e. The van der Waals surface area contributed by atoms with E-state index in [1.807, 2.05) is 6.07 Å². The molecule has 0 aromatic carbocycles. The maximum atomic E-state index is 12.4. The summed E-state index contributed by atoms with van der Waals surface area (Å²) < 4.78 is 35.9. The third kappa shape index (κ3) is 5.88. The highest BCUT2D eigenvalue weighted by molar-refractivity contribution is 8.26. The highest BCUT2D eigenvalue weighted by atomic mass is 32.2. The lowest BCUT2D eigenvalue weighted by molar-refractivity contribution is -0.122. The number of amides is 1. The normalized spacial score (nSPS) is 16.5. The van der Waals surface area contributed by atoms with Gasteiger partial charge in [-0.25, -0.2) is 8.42 Å². The fraction of sp³-hybridized carbons (Fsp3) is 0.438. The molecule has 0 spiro atoms. The Bertz CT molecular complexity index is 885. The summed E-state index contributed by atoms with van der Waals surface area (Å²) in [5, 5.41) is 8.67. The molecule has 1 aliphatic rings. The summed E-state index contributed by atoms with van der Waals surface area (Å²) in [7, 11) is -1.92. The van der Waals surface area contributed by atoms with Crippen molar-refractivity contribution in [3.8, 4) is 6.07 Å². The Balaban J connectivity index is 2.11. The van der Waals surface area contributed by atoms with Crippen molar-refractivity contribution >= 4 is 50.3 Å². The molecule has 0 bridgehead atoms. The minimum atomic E-state index is -3.47. The van der Waals surface area contributed by atoms with Gasteiger partial charge in [0.1, 0.15) is 15.8 Å². The first-order chi connectivity index (χ1) is 12.8. The van der Waals surface area contributed by atoms with E-state index >= 15 is 0 Å². The Labute approximate surface area is 167 Å². The number of rotatable bonds is 9. The van der Waals surface area contributed by atoms with Gasteiger partial charge in [-0.15, -0.1) is 0 Å². The van der Waals surface area contributed by atoms with Gasteiger partial charge in [0.2, 0.25) is 10.0 Å². The first kappa shape index (κ1) is 21.6. The fourth-order valence-electron chi connectivity index (χ4n) is 2.27. The molecule has 0 radical (unpaired) electrons. The van der Waals surface area contributed by atoms with E-state index in [2.05, 4.69) is 0 Å². The standard InChI is InChI=1S/C16H19N3O5S3/c1-23-9-8-19-15(20)14(26-16(19)25)10-12-4-5-13(24-12)11-18(7-3-6-17)27(2,21)22/h4-5,10H,3,7-9,11H2,1-2H3/b14-10-. The van der Waals surface area contributed by atoms with Gasteiger partial charge in [-0.05, 0) is 12.1 Å². The van der Waals surface area contributed by atoms with Crippen molar-refractivity contribution in [3.63, 3.8) is 0 Å². The topological polar surface area (TPSA) is 104 Å². The van der Waals surface area contributed by atoms with E-state index < -0.39 is 10.0 Å². The average Bonchev–Trinajstić information content (AvgIpc) is 3.14. The van der Waals surface area contributed by atoms with Crippen LogP contribution in [0.15, 0.2) is 21.5 Å². The summed E-state index contributed by atoms with van der Waals surface area (Å²) in [5.74, 6) is 0.622. The summed E-state index contributed by atoms with van der Waals surface area (Å²) in [6, 6.07) is 5.22. The number of nitriles is 1. The summed E-state index contributed by atoms with van der Waals surface area (Å²) in [4.78, 5) is 14.3. The van der Waals surface area contributed by atoms with Gasteiger partial charge in [-0.2, -0.15) is 9.57 Å². The van der Waals surface area contributed by atoms with E-state index in [0.29, 0.717) is 33.9 Å². The molecule has 11 heteroatoms. The third-order valence-electron chi connectivity index (χ3n) is 3.62. The maximum absolute atomic E-state index is 12.4. The molecule has 0 saturated carbocycles. The SMILES string of the molecule is COCCN1C(=O)/C(=C/c2ccc(CN(CCC#N)S(C)(=O)=O)o2)SC1=S. The zero-order valence-corrected chi connectivity index (χ0v) is 17.3. The zero-order chi connectivity index (χ0) is 20.0. The second-order valence-corrected chi connectivity index (χ2v) is 9.29. The second kappa shape index (κ2) is 9.48. The molecule has 0 N–H and O–H groups in total. The molecule has 1 aliphatic heterocycles. The largest absolute Gasteiger partial charge is 0.460 e. The summed E-state index contributed by atoms with van der Waals surface area (Å²) in [6.45, 7) is 0.867. The first-order valence-electron chi connectivity index (χ1n) is 7.91. The Kier molecular flexibility index (Phi) is 7.58. The van der Waals surface area contributed by atoms with E-state index in [1.54, 1.807) is 25.3 Å². The molecule has 1 saturated heterocycles. The molecule has 1 aromatic heterocycles. The molecule has 146 valence electrons. The number of nitrogens with zero attached hydrogens (tertiary/aromatic N) is 3. The van der Waals surface area contributed by atoms with Crippen molar-refractivity contribution in [1.29, 1.82) is 5.26 Å². The van der Waals surface area contributed by atoms with Gasteiger partial charge in [-0.1, -0.05) is 24.0 Å². The lowest BCUT2D eigenvalue weighted by atomic mass is 10.3. The van der Waals surface area contributed by atoms with Crippen molar-refractivity contribution in [1.82, 2.24) is 9.21 Å². The lowest BCUT2D eigenvalue weighted by Crippen LogP contribution is -2.31. The number of methoxy groups -OCH3 is 1. The fourth-order valence-corrected chi connectivity index (χ4v) is 4.35. The number of carbonyl (C=O) groups is 1. The molecule has 0 atom stereocenters. The monoisotopic (exact) mass is 429 g/mol. The average molecular weight is 430 g/mol. The van der Waals surface area contributed by atoms with Crippen LogP contribution in [0.4, 0.5) is 0 Å². The molecule has 8 nitrogen and oxygen atoms in total. The highest BCUT2D eigenvalue weighted by Crippen LogP contribution is 2.32. The second-order valence-electron chi connectivity index (χ2n) is 5.63. The lowest BCUT2D eigenvalue weighted by Gasteiger charge is -2.16. The third-order valence-corrected chi connectivity index (χ3v) is 6.25. The number of carbonyl (C=O) groups excluding carboxylic acids is 1. The molecule has 2 rings (SSSR count). The van der Waals surface area contributed by atoms with Gasteiger partial charge in [-0.3, -0.25) is 9.69 Å². The van der Waals surface area contributed by atoms with E-state index in [1.165, 1.54) is 21.0 Å². The van der Waals surface area contributed by atoms with Gasteiger partial charge in [0.25, 0.3) is 5.91 Å². The van der Waals surface area contributed by atoms with E-state index in [4.69, 9.17) is 26.6 Å². The number of thiocarbonyl (C=S) groups is 1. The first-order valence-corrected chi connectivity index (χ1v) is 11.0. The number of sulfonamides is 1. The van der Waals surface area contributed by atoms with Crippen LogP contribution in [0, 0.1) is 11.3 Å². The number of ether oxygens (including phenoxy) is 1. The summed E-state index contributed by atoms with van der Waals surface area (Å²) >= 11 is 6.39. The Morgan fingerprint density at radius 3 is 2.85 bits per heavy atom. The van der Waals surface area contributed by atoms with Gasteiger partial charge in [0.05, 0.1) is 36.9 Å². The van der Waals surface area contributed by atoms with Crippen LogP contribution in [0.5, 0.6) is 0 Å². The molecule has 1 amide bonds.